The molecule has 1 unspecified atom stereocenters. The molecule has 1 aliphatic rings. The van der Waals surface area contributed by atoms with Crippen LogP contribution in [-0.4, -0.2) is 29.4 Å². The Bertz CT molecular complexity index is 396. The van der Waals surface area contributed by atoms with Gasteiger partial charge in [-0.2, -0.15) is 0 Å². The molecule has 0 bridgehead atoms. The van der Waals surface area contributed by atoms with Crippen LogP contribution in [0, 0.1) is 5.82 Å². The fourth-order valence-corrected chi connectivity index (χ4v) is 2.98. The van der Waals surface area contributed by atoms with Gasteiger partial charge in [-0.3, -0.25) is 10.1 Å². The Kier molecular flexibility index (Phi) is 4.02. The molecule has 0 aromatic heterocycles. The largest absolute Gasteiger partial charge is 0.317 e. The second kappa shape index (κ2) is 5.51. The van der Waals surface area contributed by atoms with Crippen LogP contribution in [-0.2, 0) is 10.5 Å². The highest BCUT2D eigenvalue weighted by atomic mass is 32.2. The molecule has 0 spiro atoms. The first kappa shape index (κ1) is 12.4. The SMILES string of the molecule is CC(=O)N1CCNC1SCc1ccc(F)cc1. The van der Waals surface area contributed by atoms with Crippen molar-refractivity contribution in [3.05, 3.63) is 35.6 Å². The minimum atomic E-state index is -0.219. The predicted octanol–water partition coefficient (Wildman–Crippen LogP) is 1.79. The molecule has 1 aromatic carbocycles. The van der Waals surface area contributed by atoms with Crippen molar-refractivity contribution in [2.75, 3.05) is 13.1 Å². The number of hydrogen-bond donors (Lipinski definition) is 1. The van der Waals surface area contributed by atoms with E-state index in [2.05, 4.69) is 5.32 Å². The summed E-state index contributed by atoms with van der Waals surface area (Å²) in [7, 11) is 0. The summed E-state index contributed by atoms with van der Waals surface area (Å²) >= 11 is 1.65. The normalized spacial score (nSPS) is 19.6. The third-order valence-corrected chi connectivity index (χ3v) is 3.92. The van der Waals surface area contributed by atoms with Gasteiger partial charge in [-0.25, -0.2) is 4.39 Å². The van der Waals surface area contributed by atoms with E-state index >= 15 is 0 Å². The van der Waals surface area contributed by atoms with E-state index in [1.165, 1.54) is 12.1 Å². The van der Waals surface area contributed by atoms with Gasteiger partial charge in [0.15, 0.2) is 0 Å². The molecule has 1 heterocycles. The zero-order valence-corrected chi connectivity index (χ0v) is 10.5. The van der Waals surface area contributed by atoms with Crippen LogP contribution in [0.5, 0.6) is 0 Å². The van der Waals surface area contributed by atoms with E-state index in [-0.39, 0.29) is 17.2 Å². The summed E-state index contributed by atoms with van der Waals surface area (Å²) in [6.07, 6.45) is 0. The minimum absolute atomic E-state index is 0.0394. The van der Waals surface area contributed by atoms with Crippen molar-refractivity contribution in [1.29, 1.82) is 0 Å². The number of thioether (sulfide) groups is 1. The highest BCUT2D eigenvalue weighted by Crippen LogP contribution is 2.21. The van der Waals surface area contributed by atoms with E-state index in [9.17, 15) is 9.18 Å². The standard InChI is InChI=1S/C12H15FN2OS/c1-9(16)15-7-6-14-12(15)17-8-10-2-4-11(13)5-3-10/h2-5,12,14H,6-8H2,1H3. The fourth-order valence-electron chi connectivity index (χ4n) is 1.76. The molecule has 0 aliphatic carbocycles. The lowest BCUT2D eigenvalue weighted by Crippen LogP contribution is -2.36. The summed E-state index contributed by atoms with van der Waals surface area (Å²) in [5.74, 6) is 0.636. The van der Waals surface area contributed by atoms with Gasteiger partial charge in [-0.15, -0.1) is 11.8 Å². The minimum Gasteiger partial charge on any atom is -0.317 e. The molecule has 5 heteroatoms. The molecule has 92 valence electrons. The Morgan fingerprint density at radius 1 is 1.53 bits per heavy atom. The number of nitrogens with one attached hydrogen (secondary N) is 1. The van der Waals surface area contributed by atoms with Crippen LogP contribution in [0.3, 0.4) is 0 Å². The lowest BCUT2D eigenvalue weighted by molar-refractivity contribution is -0.128. The zero-order chi connectivity index (χ0) is 12.3. The van der Waals surface area contributed by atoms with Crippen molar-refractivity contribution in [2.24, 2.45) is 0 Å². The van der Waals surface area contributed by atoms with Crippen LogP contribution in [0.4, 0.5) is 4.39 Å². The number of nitrogens with zero attached hydrogens (tertiary/aromatic N) is 1. The van der Waals surface area contributed by atoms with Crippen LogP contribution in [0.15, 0.2) is 24.3 Å². The third-order valence-electron chi connectivity index (χ3n) is 2.68. The molecule has 1 fully saturated rings. The Hall–Kier alpha value is -1.07. The molecular weight excluding hydrogens is 239 g/mol. The van der Waals surface area contributed by atoms with Crippen LogP contribution in [0.2, 0.25) is 0 Å². The maximum Gasteiger partial charge on any atom is 0.221 e. The molecule has 17 heavy (non-hydrogen) atoms. The molecule has 1 N–H and O–H groups in total. The summed E-state index contributed by atoms with van der Waals surface area (Å²) in [6, 6.07) is 6.46. The second-order valence-corrected chi connectivity index (χ2v) is 5.02. The summed E-state index contributed by atoms with van der Waals surface area (Å²) in [5, 5.41) is 3.26. The Morgan fingerprint density at radius 3 is 2.88 bits per heavy atom. The molecule has 0 saturated carbocycles. The summed E-state index contributed by atoms with van der Waals surface area (Å²) in [5.41, 5.74) is 1.10. The van der Waals surface area contributed by atoms with Gasteiger partial charge in [-0.1, -0.05) is 12.1 Å². The van der Waals surface area contributed by atoms with Crippen molar-refractivity contribution in [3.63, 3.8) is 0 Å². The molecular formula is C12H15FN2OS. The van der Waals surface area contributed by atoms with Crippen LogP contribution in [0.1, 0.15) is 12.5 Å². The molecule has 1 amide bonds. The number of benzene rings is 1. The molecule has 1 aromatic rings. The van der Waals surface area contributed by atoms with Gasteiger partial charge in [-0.05, 0) is 17.7 Å². The van der Waals surface area contributed by atoms with Gasteiger partial charge in [0.2, 0.25) is 5.91 Å². The van der Waals surface area contributed by atoms with Gasteiger partial charge >= 0.3 is 0 Å². The maximum absolute atomic E-state index is 12.7. The maximum atomic E-state index is 12.7. The first-order valence-corrected chi connectivity index (χ1v) is 6.58. The average molecular weight is 254 g/mol. The van der Waals surface area contributed by atoms with Crippen molar-refractivity contribution < 1.29 is 9.18 Å². The number of hydrogen-bond acceptors (Lipinski definition) is 3. The second-order valence-electron chi connectivity index (χ2n) is 3.96. The zero-order valence-electron chi connectivity index (χ0n) is 9.65. The predicted molar refractivity (Wildman–Crippen MR) is 66.9 cm³/mol. The van der Waals surface area contributed by atoms with Crippen LogP contribution in [0.25, 0.3) is 0 Å². The highest BCUT2D eigenvalue weighted by molar-refractivity contribution is 7.99. The van der Waals surface area contributed by atoms with E-state index in [1.807, 2.05) is 4.90 Å². The topological polar surface area (TPSA) is 32.3 Å². The third kappa shape index (κ3) is 3.20. The van der Waals surface area contributed by atoms with Gasteiger partial charge in [0.1, 0.15) is 11.3 Å². The molecule has 1 aliphatic heterocycles. The monoisotopic (exact) mass is 254 g/mol. The van der Waals surface area contributed by atoms with Crippen molar-refractivity contribution in [2.45, 2.75) is 18.2 Å². The molecule has 1 saturated heterocycles. The first-order valence-electron chi connectivity index (χ1n) is 5.53. The van der Waals surface area contributed by atoms with E-state index in [4.69, 9.17) is 0 Å². The Balaban J connectivity index is 1.89. The van der Waals surface area contributed by atoms with Crippen LogP contribution < -0.4 is 5.32 Å². The van der Waals surface area contributed by atoms with Gasteiger partial charge < -0.3 is 4.90 Å². The summed E-state index contributed by atoms with van der Waals surface area (Å²) in [6.45, 7) is 3.18. The van der Waals surface area contributed by atoms with Gasteiger partial charge in [0.05, 0.1) is 0 Å². The van der Waals surface area contributed by atoms with Crippen molar-refractivity contribution in [1.82, 2.24) is 10.2 Å². The number of carbonyl (C=O) groups is 1. The van der Waals surface area contributed by atoms with E-state index in [0.29, 0.717) is 0 Å². The lowest BCUT2D eigenvalue weighted by Gasteiger charge is -2.22. The van der Waals surface area contributed by atoms with Gasteiger partial charge in [0, 0.05) is 25.8 Å². The quantitative estimate of drug-likeness (QED) is 0.892. The van der Waals surface area contributed by atoms with Crippen molar-refractivity contribution >= 4 is 17.7 Å². The molecule has 0 radical (unpaired) electrons. The molecule has 1 atom stereocenters. The van der Waals surface area contributed by atoms with Crippen molar-refractivity contribution in [3.8, 4) is 0 Å². The number of carbonyl (C=O) groups excluding carboxylic acids is 1. The lowest BCUT2D eigenvalue weighted by atomic mass is 10.2. The van der Waals surface area contributed by atoms with E-state index in [0.717, 1.165) is 24.4 Å². The van der Waals surface area contributed by atoms with Gasteiger partial charge in [0.25, 0.3) is 0 Å². The number of rotatable bonds is 3. The number of halogens is 1. The summed E-state index contributed by atoms with van der Waals surface area (Å²) < 4.78 is 12.7. The smallest absolute Gasteiger partial charge is 0.221 e. The molecule has 3 nitrogen and oxygen atoms in total. The Labute approximate surface area is 104 Å². The first-order chi connectivity index (χ1) is 8.16. The summed E-state index contributed by atoms with van der Waals surface area (Å²) in [4.78, 5) is 13.1. The fraction of sp³-hybridized carbons (Fsp3) is 0.417. The Morgan fingerprint density at radius 2 is 2.24 bits per heavy atom. The van der Waals surface area contributed by atoms with E-state index < -0.39 is 0 Å². The van der Waals surface area contributed by atoms with Crippen LogP contribution >= 0.6 is 11.8 Å². The highest BCUT2D eigenvalue weighted by Gasteiger charge is 2.25. The van der Waals surface area contributed by atoms with E-state index in [1.54, 1.807) is 30.8 Å². The average Bonchev–Trinajstić information content (AvgIpc) is 2.76. The number of amides is 1. The molecule has 2 rings (SSSR count).